The summed E-state index contributed by atoms with van der Waals surface area (Å²) < 4.78 is 10.2. The van der Waals surface area contributed by atoms with Crippen molar-refractivity contribution in [2.45, 2.75) is 33.2 Å². The van der Waals surface area contributed by atoms with E-state index in [9.17, 15) is 14.4 Å². The van der Waals surface area contributed by atoms with E-state index in [0.29, 0.717) is 17.2 Å². The maximum atomic E-state index is 12.0. The average Bonchev–Trinajstić information content (AvgIpc) is 2.71. The molecule has 6 nitrogen and oxygen atoms in total. The van der Waals surface area contributed by atoms with Crippen LogP contribution in [0, 0.1) is 5.92 Å². The molecule has 0 saturated heterocycles. The number of hydrogen-bond donors (Lipinski definition) is 1. The van der Waals surface area contributed by atoms with Crippen molar-refractivity contribution in [2.75, 3.05) is 13.2 Å². The van der Waals surface area contributed by atoms with E-state index < -0.39 is 5.97 Å². The predicted molar refractivity (Wildman–Crippen MR) is 110 cm³/mol. The minimum absolute atomic E-state index is 0.193. The highest BCUT2D eigenvalue weighted by Crippen LogP contribution is 2.15. The number of nitrogens with one attached hydrogen (secondary N) is 1. The third kappa shape index (κ3) is 7.78. The Labute approximate surface area is 171 Å². The Balaban J connectivity index is 1.72. The van der Waals surface area contributed by atoms with Crippen molar-refractivity contribution in [2.24, 2.45) is 5.92 Å². The Morgan fingerprint density at radius 1 is 0.966 bits per heavy atom. The highest BCUT2D eigenvalue weighted by atomic mass is 16.6. The minimum Gasteiger partial charge on any atom is -0.482 e. The van der Waals surface area contributed by atoms with Crippen LogP contribution in [-0.4, -0.2) is 31.4 Å². The summed E-state index contributed by atoms with van der Waals surface area (Å²) >= 11 is 0. The molecule has 0 unspecified atom stereocenters. The van der Waals surface area contributed by atoms with Crippen molar-refractivity contribution in [1.29, 1.82) is 0 Å². The topological polar surface area (TPSA) is 81.7 Å². The first-order chi connectivity index (χ1) is 13.9. The zero-order valence-corrected chi connectivity index (χ0v) is 17.0. The average molecular weight is 397 g/mol. The summed E-state index contributed by atoms with van der Waals surface area (Å²) in [4.78, 5) is 34.4. The zero-order valence-electron chi connectivity index (χ0n) is 17.0. The molecule has 29 heavy (non-hydrogen) atoms. The van der Waals surface area contributed by atoms with Crippen LogP contribution in [0.15, 0.2) is 48.5 Å². The second kappa shape index (κ2) is 11.0. The van der Waals surface area contributed by atoms with Crippen molar-refractivity contribution in [3.8, 4) is 5.75 Å². The van der Waals surface area contributed by atoms with Crippen molar-refractivity contribution in [3.05, 3.63) is 65.2 Å². The lowest BCUT2D eigenvalue weighted by molar-refractivity contribution is -0.150. The molecule has 0 aliphatic heterocycles. The lowest BCUT2D eigenvalue weighted by atomic mass is 10.00. The number of rotatable bonds is 10. The Hall–Kier alpha value is -3.15. The molecule has 0 radical (unpaired) electrons. The fourth-order valence-corrected chi connectivity index (χ4v) is 2.75. The molecule has 0 aliphatic rings. The van der Waals surface area contributed by atoms with Gasteiger partial charge in [0, 0.05) is 5.56 Å². The van der Waals surface area contributed by atoms with Gasteiger partial charge < -0.3 is 14.8 Å². The molecular weight excluding hydrogens is 370 g/mol. The van der Waals surface area contributed by atoms with Crippen molar-refractivity contribution >= 4 is 18.2 Å². The predicted octanol–water partition coefficient (Wildman–Crippen LogP) is 3.50. The Morgan fingerprint density at radius 3 is 2.21 bits per heavy atom. The molecule has 1 amide bonds. The number of esters is 1. The lowest BCUT2D eigenvalue weighted by Gasteiger charge is -2.15. The van der Waals surface area contributed by atoms with E-state index in [1.807, 2.05) is 19.1 Å². The van der Waals surface area contributed by atoms with Crippen molar-refractivity contribution < 1.29 is 23.9 Å². The van der Waals surface area contributed by atoms with Crippen LogP contribution in [0.4, 0.5) is 0 Å². The first-order valence-electron chi connectivity index (χ1n) is 9.59. The third-order valence-corrected chi connectivity index (χ3v) is 4.24. The van der Waals surface area contributed by atoms with Crippen LogP contribution in [0.2, 0.25) is 0 Å². The summed E-state index contributed by atoms with van der Waals surface area (Å²) in [5, 5.41) is 2.81. The van der Waals surface area contributed by atoms with Crippen LogP contribution in [0.1, 0.15) is 48.3 Å². The third-order valence-electron chi connectivity index (χ3n) is 4.24. The van der Waals surface area contributed by atoms with Crippen LogP contribution in [-0.2, 0) is 20.7 Å². The zero-order chi connectivity index (χ0) is 21.2. The van der Waals surface area contributed by atoms with E-state index in [0.717, 1.165) is 18.3 Å². The molecule has 2 aromatic carbocycles. The lowest BCUT2D eigenvalue weighted by Crippen LogP contribution is -2.31. The first-order valence-corrected chi connectivity index (χ1v) is 9.59. The molecule has 0 aliphatic carbocycles. The molecule has 0 bridgehead atoms. The van der Waals surface area contributed by atoms with Gasteiger partial charge in [-0.15, -0.1) is 0 Å². The SMILES string of the molecule is CC(C)Cc1ccc([C@H](C)NC(=O)COC(=O)COc2ccc(C=O)cc2)cc1. The molecule has 1 N–H and O–H groups in total. The first kappa shape index (κ1) is 22.1. The standard InChI is InChI=1S/C23H27NO5/c1-16(2)12-18-4-8-20(9-5-18)17(3)24-22(26)14-29-23(27)15-28-21-10-6-19(13-25)7-11-21/h4-11,13,16-17H,12,14-15H2,1-3H3,(H,24,26)/t17-/m0/s1. The Bertz CT molecular complexity index is 812. The van der Waals surface area contributed by atoms with Crippen LogP contribution in [0.5, 0.6) is 5.75 Å². The maximum Gasteiger partial charge on any atom is 0.344 e. The number of carbonyl (C=O) groups is 3. The number of aldehydes is 1. The van der Waals surface area contributed by atoms with Gasteiger partial charge in [0.15, 0.2) is 13.2 Å². The van der Waals surface area contributed by atoms with Crippen LogP contribution in [0.3, 0.4) is 0 Å². The molecule has 0 heterocycles. The molecule has 0 aromatic heterocycles. The Kier molecular flexibility index (Phi) is 8.40. The molecule has 1 atom stereocenters. The van der Waals surface area contributed by atoms with E-state index in [2.05, 4.69) is 31.3 Å². The largest absolute Gasteiger partial charge is 0.482 e. The van der Waals surface area contributed by atoms with Gasteiger partial charge in [-0.05, 0) is 54.7 Å². The normalized spacial score (nSPS) is 11.6. The molecular formula is C23H27NO5. The molecule has 0 spiro atoms. The fourth-order valence-electron chi connectivity index (χ4n) is 2.75. The van der Waals surface area contributed by atoms with Gasteiger partial charge in [0.2, 0.25) is 0 Å². The summed E-state index contributed by atoms with van der Waals surface area (Å²) in [6, 6.07) is 14.3. The second-order valence-electron chi connectivity index (χ2n) is 7.26. The molecule has 0 fully saturated rings. The van der Waals surface area contributed by atoms with Crippen LogP contribution in [0.25, 0.3) is 0 Å². The van der Waals surface area contributed by atoms with Gasteiger partial charge in [0.05, 0.1) is 6.04 Å². The summed E-state index contributed by atoms with van der Waals surface area (Å²) in [6.07, 6.45) is 1.73. The van der Waals surface area contributed by atoms with Gasteiger partial charge in [-0.25, -0.2) is 4.79 Å². The number of ether oxygens (including phenoxy) is 2. The summed E-state index contributed by atoms with van der Waals surface area (Å²) in [5.41, 5.74) is 2.76. The molecule has 6 heteroatoms. The summed E-state index contributed by atoms with van der Waals surface area (Å²) in [5.74, 6) is -0.00312. The maximum absolute atomic E-state index is 12.0. The quantitative estimate of drug-likeness (QED) is 0.490. The number of carbonyl (C=O) groups excluding carboxylic acids is 3. The van der Waals surface area contributed by atoms with Gasteiger partial charge >= 0.3 is 5.97 Å². The second-order valence-corrected chi connectivity index (χ2v) is 7.26. The Morgan fingerprint density at radius 2 is 1.62 bits per heavy atom. The van der Waals surface area contributed by atoms with Gasteiger partial charge in [-0.1, -0.05) is 38.1 Å². The number of amides is 1. The fraction of sp³-hybridized carbons (Fsp3) is 0.348. The highest BCUT2D eigenvalue weighted by molar-refractivity contribution is 5.81. The molecule has 0 saturated carbocycles. The van der Waals surface area contributed by atoms with Gasteiger partial charge in [-0.2, -0.15) is 0 Å². The van der Waals surface area contributed by atoms with E-state index in [-0.39, 0.29) is 25.2 Å². The molecule has 154 valence electrons. The van der Waals surface area contributed by atoms with E-state index in [4.69, 9.17) is 9.47 Å². The van der Waals surface area contributed by atoms with Crippen molar-refractivity contribution in [1.82, 2.24) is 5.32 Å². The molecule has 2 rings (SSSR count). The van der Waals surface area contributed by atoms with Crippen molar-refractivity contribution in [3.63, 3.8) is 0 Å². The number of hydrogen-bond acceptors (Lipinski definition) is 5. The minimum atomic E-state index is -0.648. The van der Waals surface area contributed by atoms with Gasteiger partial charge in [0.25, 0.3) is 5.91 Å². The van der Waals surface area contributed by atoms with Gasteiger partial charge in [0.1, 0.15) is 12.0 Å². The number of benzene rings is 2. The molecule has 2 aromatic rings. The summed E-state index contributed by atoms with van der Waals surface area (Å²) in [6.45, 7) is 5.53. The highest BCUT2D eigenvalue weighted by Gasteiger charge is 2.12. The van der Waals surface area contributed by atoms with Crippen LogP contribution < -0.4 is 10.1 Å². The monoisotopic (exact) mass is 397 g/mol. The van der Waals surface area contributed by atoms with Gasteiger partial charge in [-0.3, -0.25) is 9.59 Å². The van der Waals surface area contributed by atoms with E-state index >= 15 is 0 Å². The van der Waals surface area contributed by atoms with Crippen LogP contribution >= 0.6 is 0 Å². The smallest absolute Gasteiger partial charge is 0.344 e. The van der Waals surface area contributed by atoms with E-state index in [1.165, 1.54) is 5.56 Å². The van der Waals surface area contributed by atoms with E-state index in [1.54, 1.807) is 24.3 Å². The summed E-state index contributed by atoms with van der Waals surface area (Å²) in [7, 11) is 0.